The third kappa shape index (κ3) is 5.39. The molecular formula is C15H25N3O2S. The molecule has 21 heavy (non-hydrogen) atoms. The molecule has 2 rings (SSSR count). The molecule has 0 radical (unpaired) electrons. The highest BCUT2D eigenvalue weighted by atomic mass is 32.2. The zero-order chi connectivity index (χ0) is 15.3. The molecule has 1 aliphatic heterocycles. The van der Waals surface area contributed by atoms with E-state index in [-0.39, 0.29) is 4.90 Å². The zero-order valence-corrected chi connectivity index (χ0v) is 13.3. The average molecular weight is 311 g/mol. The summed E-state index contributed by atoms with van der Waals surface area (Å²) in [5.74, 6) is 0. The Balaban J connectivity index is 1.79. The van der Waals surface area contributed by atoms with E-state index in [2.05, 4.69) is 17.6 Å². The van der Waals surface area contributed by atoms with Crippen LogP contribution in [0.3, 0.4) is 0 Å². The van der Waals surface area contributed by atoms with Crippen molar-refractivity contribution in [2.24, 2.45) is 5.14 Å². The minimum absolute atomic E-state index is 0.158. The van der Waals surface area contributed by atoms with Gasteiger partial charge in [-0.2, -0.15) is 0 Å². The van der Waals surface area contributed by atoms with Gasteiger partial charge in [0.25, 0.3) is 0 Å². The Labute approximate surface area is 127 Å². The van der Waals surface area contributed by atoms with Gasteiger partial charge in [0, 0.05) is 18.6 Å². The third-order valence-corrected chi connectivity index (χ3v) is 4.89. The molecule has 1 heterocycles. The van der Waals surface area contributed by atoms with Crippen LogP contribution in [0.4, 0.5) is 0 Å². The molecule has 0 saturated carbocycles. The fourth-order valence-electron chi connectivity index (χ4n) is 2.72. The molecule has 0 aliphatic carbocycles. The topological polar surface area (TPSA) is 84.2 Å². The Morgan fingerprint density at radius 2 is 2.05 bits per heavy atom. The normalized spacial score (nSPS) is 21.1. The maximum absolute atomic E-state index is 11.2. The minimum atomic E-state index is -3.60. The van der Waals surface area contributed by atoms with E-state index >= 15 is 0 Å². The SMILES string of the molecule is CC(CC1CCCCN1)NCc1ccc(S(N)(=O)=O)cc1. The van der Waals surface area contributed by atoms with Gasteiger partial charge >= 0.3 is 0 Å². The lowest BCUT2D eigenvalue weighted by atomic mass is 9.99. The predicted molar refractivity (Wildman–Crippen MR) is 84.4 cm³/mol. The standard InChI is InChI=1S/C15H25N3O2S/c1-12(10-14-4-2-3-9-17-14)18-11-13-5-7-15(8-6-13)21(16,19)20/h5-8,12,14,17-18H,2-4,9-11H2,1H3,(H2,16,19,20). The molecule has 2 atom stereocenters. The molecule has 118 valence electrons. The number of primary sulfonamides is 1. The van der Waals surface area contributed by atoms with E-state index in [0.29, 0.717) is 12.1 Å². The molecule has 0 spiro atoms. The van der Waals surface area contributed by atoms with E-state index in [4.69, 9.17) is 5.14 Å². The molecule has 0 aromatic heterocycles. The second kappa shape index (κ2) is 7.35. The lowest BCUT2D eigenvalue weighted by molar-refractivity contribution is 0.344. The van der Waals surface area contributed by atoms with Crippen molar-refractivity contribution in [3.63, 3.8) is 0 Å². The molecule has 1 fully saturated rings. The first-order valence-corrected chi connectivity index (χ1v) is 9.08. The van der Waals surface area contributed by atoms with E-state index < -0.39 is 10.0 Å². The number of nitrogens with one attached hydrogen (secondary N) is 2. The summed E-state index contributed by atoms with van der Waals surface area (Å²) in [5, 5.41) is 12.1. The van der Waals surface area contributed by atoms with Gasteiger partial charge in [0.05, 0.1) is 4.90 Å². The molecule has 1 saturated heterocycles. The second-order valence-corrected chi connectivity index (χ2v) is 7.41. The molecule has 4 N–H and O–H groups in total. The van der Waals surface area contributed by atoms with Gasteiger partial charge in [-0.05, 0) is 50.4 Å². The molecule has 6 heteroatoms. The minimum Gasteiger partial charge on any atom is -0.314 e. The molecular weight excluding hydrogens is 286 g/mol. The lowest BCUT2D eigenvalue weighted by Crippen LogP contribution is -2.39. The molecule has 0 amide bonds. The van der Waals surface area contributed by atoms with Gasteiger partial charge in [0.15, 0.2) is 0 Å². The number of hydrogen-bond acceptors (Lipinski definition) is 4. The van der Waals surface area contributed by atoms with Gasteiger partial charge < -0.3 is 10.6 Å². The predicted octanol–water partition coefficient (Wildman–Crippen LogP) is 1.34. The third-order valence-electron chi connectivity index (χ3n) is 3.96. The first kappa shape index (κ1) is 16.4. The summed E-state index contributed by atoms with van der Waals surface area (Å²) in [4.78, 5) is 0.158. The highest BCUT2D eigenvalue weighted by Crippen LogP contribution is 2.13. The fourth-order valence-corrected chi connectivity index (χ4v) is 3.24. The van der Waals surface area contributed by atoms with Crippen molar-refractivity contribution in [2.45, 2.75) is 56.1 Å². The number of nitrogens with two attached hydrogens (primary N) is 1. The zero-order valence-electron chi connectivity index (χ0n) is 12.5. The average Bonchev–Trinajstić information content (AvgIpc) is 2.46. The van der Waals surface area contributed by atoms with Crippen LogP contribution in [0.5, 0.6) is 0 Å². The van der Waals surface area contributed by atoms with Crippen LogP contribution in [0, 0.1) is 0 Å². The number of sulfonamides is 1. The number of piperidine rings is 1. The van der Waals surface area contributed by atoms with Gasteiger partial charge in [-0.3, -0.25) is 0 Å². The Morgan fingerprint density at radius 1 is 1.33 bits per heavy atom. The van der Waals surface area contributed by atoms with Gasteiger partial charge in [-0.25, -0.2) is 13.6 Å². The first-order valence-electron chi connectivity index (χ1n) is 7.53. The quantitative estimate of drug-likeness (QED) is 0.740. The molecule has 1 aromatic rings. The molecule has 0 bridgehead atoms. The van der Waals surface area contributed by atoms with E-state index in [1.807, 2.05) is 0 Å². The van der Waals surface area contributed by atoms with Crippen molar-refractivity contribution in [3.8, 4) is 0 Å². The Bertz CT molecular complexity index is 537. The summed E-state index contributed by atoms with van der Waals surface area (Å²) in [6, 6.07) is 7.76. The van der Waals surface area contributed by atoms with E-state index in [1.54, 1.807) is 24.3 Å². The van der Waals surface area contributed by atoms with Crippen LogP contribution in [0.25, 0.3) is 0 Å². The van der Waals surface area contributed by atoms with Crippen LogP contribution >= 0.6 is 0 Å². The van der Waals surface area contributed by atoms with Crippen molar-refractivity contribution in [2.75, 3.05) is 6.54 Å². The van der Waals surface area contributed by atoms with E-state index in [1.165, 1.54) is 19.3 Å². The van der Waals surface area contributed by atoms with Crippen LogP contribution in [-0.2, 0) is 16.6 Å². The van der Waals surface area contributed by atoms with Crippen LogP contribution in [0.2, 0.25) is 0 Å². The van der Waals surface area contributed by atoms with Gasteiger partial charge in [-0.1, -0.05) is 18.6 Å². The summed E-state index contributed by atoms with van der Waals surface area (Å²) >= 11 is 0. The summed E-state index contributed by atoms with van der Waals surface area (Å²) in [5.41, 5.74) is 1.06. The monoisotopic (exact) mass is 311 g/mol. The molecule has 1 aliphatic rings. The van der Waals surface area contributed by atoms with Crippen LogP contribution in [0.1, 0.15) is 38.2 Å². The van der Waals surface area contributed by atoms with Crippen molar-refractivity contribution < 1.29 is 8.42 Å². The van der Waals surface area contributed by atoms with Crippen molar-refractivity contribution in [1.29, 1.82) is 0 Å². The maximum Gasteiger partial charge on any atom is 0.238 e. The highest BCUT2D eigenvalue weighted by Gasteiger charge is 2.15. The van der Waals surface area contributed by atoms with Crippen LogP contribution < -0.4 is 15.8 Å². The highest BCUT2D eigenvalue weighted by molar-refractivity contribution is 7.89. The smallest absolute Gasteiger partial charge is 0.238 e. The molecule has 2 unspecified atom stereocenters. The largest absolute Gasteiger partial charge is 0.314 e. The summed E-state index contributed by atoms with van der Waals surface area (Å²) in [6.07, 6.45) is 4.98. The van der Waals surface area contributed by atoms with Gasteiger partial charge in [-0.15, -0.1) is 0 Å². The van der Waals surface area contributed by atoms with E-state index in [9.17, 15) is 8.42 Å². The fraction of sp³-hybridized carbons (Fsp3) is 0.600. The van der Waals surface area contributed by atoms with Crippen LogP contribution in [0.15, 0.2) is 29.2 Å². The maximum atomic E-state index is 11.2. The number of hydrogen-bond donors (Lipinski definition) is 3. The summed E-state index contributed by atoms with van der Waals surface area (Å²) in [7, 11) is -3.60. The molecule has 1 aromatic carbocycles. The number of rotatable bonds is 6. The summed E-state index contributed by atoms with van der Waals surface area (Å²) in [6.45, 7) is 4.06. The summed E-state index contributed by atoms with van der Waals surface area (Å²) < 4.78 is 22.4. The first-order chi connectivity index (χ1) is 9.95. The van der Waals surface area contributed by atoms with Gasteiger partial charge in [0.1, 0.15) is 0 Å². The Morgan fingerprint density at radius 3 is 2.62 bits per heavy atom. The van der Waals surface area contributed by atoms with Crippen molar-refractivity contribution >= 4 is 10.0 Å². The van der Waals surface area contributed by atoms with Crippen molar-refractivity contribution in [1.82, 2.24) is 10.6 Å². The Kier molecular flexibility index (Phi) is 5.75. The second-order valence-electron chi connectivity index (χ2n) is 5.85. The number of benzene rings is 1. The molecule has 5 nitrogen and oxygen atoms in total. The van der Waals surface area contributed by atoms with Crippen molar-refractivity contribution in [3.05, 3.63) is 29.8 Å². The Hall–Kier alpha value is -0.950. The van der Waals surface area contributed by atoms with Crippen LogP contribution in [-0.4, -0.2) is 27.0 Å². The lowest BCUT2D eigenvalue weighted by Gasteiger charge is -2.26. The van der Waals surface area contributed by atoms with E-state index in [0.717, 1.165) is 25.1 Å². The van der Waals surface area contributed by atoms with Gasteiger partial charge in [0.2, 0.25) is 10.0 Å².